The van der Waals surface area contributed by atoms with Crippen molar-refractivity contribution in [2.45, 2.75) is 6.04 Å². The van der Waals surface area contributed by atoms with Gasteiger partial charge in [0.25, 0.3) is 5.91 Å². The van der Waals surface area contributed by atoms with Gasteiger partial charge in [0, 0.05) is 25.2 Å². The van der Waals surface area contributed by atoms with Crippen LogP contribution in [0.5, 0.6) is 5.75 Å². The number of halogens is 2. The summed E-state index contributed by atoms with van der Waals surface area (Å²) < 4.78 is 5.50. The van der Waals surface area contributed by atoms with Gasteiger partial charge in [-0.05, 0) is 18.2 Å². The van der Waals surface area contributed by atoms with Crippen molar-refractivity contribution in [3.8, 4) is 5.75 Å². The van der Waals surface area contributed by atoms with Crippen LogP contribution in [0.2, 0.25) is 0 Å². The number of ether oxygens (including phenoxy) is 1. The van der Waals surface area contributed by atoms with Gasteiger partial charge in [0.2, 0.25) is 0 Å². The molecule has 1 fully saturated rings. The standard InChI is InChI=1S/C20H20N4O2.2ClH/c1-26-19-9-5-2-6-14(19)18-13-21-10-11-24(18)20(25)17-12-22-15-7-3-4-8-16(15)23-17;;/h2-9,12,18,21H,10-11,13H2,1H3;2*1H. The summed E-state index contributed by atoms with van der Waals surface area (Å²) in [6, 6.07) is 15.3. The molecule has 8 heteroatoms. The van der Waals surface area contributed by atoms with E-state index in [1.165, 1.54) is 0 Å². The van der Waals surface area contributed by atoms with Crippen molar-refractivity contribution in [2.75, 3.05) is 26.7 Å². The molecule has 1 saturated heterocycles. The van der Waals surface area contributed by atoms with E-state index in [0.717, 1.165) is 28.9 Å². The highest BCUT2D eigenvalue weighted by Gasteiger charge is 2.31. The van der Waals surface area contributed by atoms with Crippen LogP contribution in [0.15, 0.2) is 54.7 Å². The number of piperazine rings is 1. The lowest BCUT2D eigenvalue weighted by atomic mass is 10.0. The van der Waals surface area contributed by atoms with Crippen molar-refractivity contribution in [3.63, 3.8) is 0 Å². The molecule has 1 aliphatic heterocycles. The average molecular weight is 421 g/mol. The molecular weight excluding hydrogens is 399 g/mol. The summed E-state index contributed by atoms with van der Waals surface area (Å²) in [7, 11) is 1.65. The molecule has 0 bridgehead atoms. The predicted molar refractivity (Wildman–Crippen MR) is 114 cm³/mol. The molecule has 1 atom stereocenters. The minimum atomic E-state index is -0.111. The molecule has 1 aliphatic rings. The molecule has 3 aromatic rings. The number of hydrogen-bond acceptors (Lipinski definition) is 5. The van der Waals surface area contributed by atoms with Crippen LogP contribution in [0, 0.1) is 0 Å². The fourth-order valence-electron chi connectivity index (χ4n) is 3.37. The largest absolute Gasteiger partial charge is 0.496 e. The Hall–Kier alpha value is -2.41. The predicted octanol–water partition coefficient (Wildman–Crippen LogP) is 3.27. The first-order valence-electron chi connectivity index (χ1n) is 8.64. The number of hydrogen-bond donors (Lipinski definition) is 1. The molecule has 1 amide bonds. The molecule has 4 rings (SSSR count). The van der Waals surface area contributed by atoms with Crippen molar-refractivity contribution in [1.82, 2.24) is 20.2 Å². The lowest BCUT2D eigenvalue weighted by Crippen LogP contribution is -2.49. The topological polar surface area (TPSA) is 67.3 Å². The normalized spacial score (nSPS) is 16.0. The van der Waals surface area contributed by atoms with Gasteiger partial charge in [-0.15, -0.1) is 24.8 Å². The third-order valence-corrected chi connectivity index (χ3v) is 4.67. The van der Waals surface area contributed by atoms with Gasteiger partial charge in [-0.1, -0.05) is 30.3 Å². The van der Waals surface area contributed by atoms with Gasteiger partial charge in [-0.2, -0.15) is 0 Å². The van der Waals surface area contributed by atoms with Crippen LogP contribution < -0.4 is 10.1 Å². The molecule has 0 spiro atoms. The number of rotatable bonds is 3. The highest BCUT2D eigenvalue weighted by atomic mass is 35.5. The van der Waals surface area contributed by atoms with Crippen LogP contribution >= 0.6 is 24.8 Å². The molecule has 0 aliphatic carbocycles. The summed E-state index contributed by atoms with van der Waals surface area (Å²) in [5.74, 6) is 0.671. The van der Waals surface area contributed by atoms with Gasteiger partial charge < -0.3 is 15.0 Å². The molecule has 2 aromatic carbocycles. The highest BCUT2D eigenvalue weighted by Crippen LogP contribution is 2.31. The van der Waals surface area contributed by atoms with E-state index in [-0.39, 0.29) is 36.8 Å². The van der Waals surface area contributed by atoms with Crippen LogP contribution in [-0.4, -0.2) is 47.5 Å². The molecule has 1 unspecified atom stereocenters. The van der Waals surface area contributed by atoms with E-state index < -0.39 is 0 Å². The van der Waals surface area contributed by atoms with Crippen LogP contribution in [0.3, 0.4) is 0 Å². The smallest absolute Gasteiger partial charge is 0.274 e. The molecule has 148 valence electrons. The van der Waals surface area contributed by atoms with Gasteiger partial charge in [-0.3, -0.25) is 9.78 Å². The van der Waals surface area contributed by atoms with Gasteiger partial charge >= 0.3 is 0 Å². The van der Waals surface area contributed by atoms with E-state index in [4.69, 9.17) is 4.74 Å². The minimum absolute atomic E-state index is 0. The fraction of sp³-hybridized carbons (Fsp3) is 0.250. The van der Waals surface area contributed by atoms with Gasteiger partial charge in [0.05, 0.1) is 30.4 Å². The second-order valence-corrected chi connectivity index (χ2v) is 6.20. The van der Waals surface area contributed by atoms with Crippen LogP contribution in [-0.2, 0) is 0 Å². The number of carbonyl (C=O) groups is 1. The maximum absolute atomic E-state index is 13.2. The fourth-order valence-corrected chi connectivity index (χ4v) is 3.37. The molecule has 1 aromatic heterocycles. The number of aromatic nitrogens is 2. The Kier molecular flexibility index (Phi) is 7.57. The maximum Gasteiger partial charge on any atom is 0.274 e. The van der Waals surface area contributed by atoms with E-state index in [9.17, 15) is 4.79 Å². The number of amides is 1. The van der Waals surface area contributed by atoms with Crippen molar-refractivity contribution in [3.05, 3.63) is 66.0 Å². The summed E-state index contributed by atoms with van der Waals surface area (Å²) in [5.41, 5.74) is 2.86. The Balaban J connectivity index is 0.00000140. The maximum atomic E-state index is 13.2. The zero-order valence-electron chi connectivity index (χ0n) is 15.4. The molecule has 28 heavy (non-hydrogen) atoms. The number of nitrogens with zero attached hydrogens (tertiary/aromatic N) is 3. The van der Waals surface area contributed by atoms with E-state index >= 15 is 0 Å². The molecular formula is C20H22Cl2N4O2. The Bertz CT molecular complexity index is 954. The van der Waals surface area contributed by atoms with Crippen LogP contribution in [0.1, 0.15) is 22.1 Å². The Morgan fingerprint density at radius 1 is 1.11 bits per heavy atom. The Morgan fingerprint density at radius 3 is 2.61 bits per heavy atom. The highest BCUT2D eigenvalue weighted by molar-refractivity contribution is 5.94. The van der Waals surface area contributed by atoms with Gasteiger partial charge in [0.1, 0.15) is 11.4 Å². The monoisotopic (exact) mass is 420 g/mol. The van der Waals surface area contributed by atoms with E-state index in [1.807, 2.05) is 53.4 Å². The van der Waals surface area contributed by atoms with Crippen molar-refractivity contribution in [2.24, 2.45) is 0 Å². The summed E-state index contributed by atoms with van der Waals surface area (Å²) in [6.45, 7) is 2.03. The number of para-hydroxylation sites is 3. The number of nitrogens with one attached hydrogen (secondary N) is 1. The third-order valence-electron chi connectivity index (χ3n) is 4.67. The van der Waals surface area contributed by atoms with Crippen molar-refractivity contribution < 1.29 is 9.53 Å². The quantitative estimate of drug-likeness (QED) is 0.703. The lowest BCUT2D eigenvalue weighted by molar-refractivity contribution is 0.0625. The second kappa shape index (κ2) is 9.68. The molecule has 1 N–H and O–H groups in total. The van der Waals surface area contributed by atoms with Crippen LogP contribution in [0.4, 0.5) is 0 Å². The number of benzene rings is 2. The molecule has 2 heterocycles. The zero-order chi connectivity index (χ0) is 17.9. The third kappa shape index (κ3) is 4.19. The van der Waals surface area contributed by atoms with Gasteiger partial charge in [-0.25, -0.2) is 4.98 Å². The van der Waals surface area contributed by atoms with Crippen molar-refractivity contribution >= 4 is 41.8 Å². The Morgan fingerprint density at radius 2 is 1.82 bits per heavy atom. The lowest BCUT2D eigenvalue weighted by Gasteiger charge is -2.36. The first-order chi connectivity index (χ1) is 12.8. The molecule has 0 radical (unpaired) electrons. The Labute approximate surface area is 176 Å². The summed E-state index contributed by atoms with van der Waals surface area (Å²) in [5, 5.41) is 3.37. The van der Waals surface area contributed by atoms with E-state index in [2.05, 4.69) is 15.3 Å². The molecule has 6 nitrogen and oxygen atoms in total. The summed E-state index contributed by atoms with van der Waals surface area (Å²) >= 11 is 0. The van der Waals surface area contributed by atoms with E-state index in [1.54, 1.807) is 13.3 Å². The zero-order valence-corrected chi connectivity index (χ0v) is 17.0. The van der Waals surface area contributed by atoms with Crippen molar-refractivity contribution in [1.29, 1.82) is 0 Å². The van der Waals surface area contributed by atoms with Gasteiger partial charge in [0.15, 0.2) is 0 Å². The SMILES string of the molecule is COc1ccccc1C1CNCCN1C(=O)c1cnc2ccccc2n1.Cl.Cl. The molecule has 0 saturated carbocycles. The number of carbonyl (C=O) groups excluding carboxylic acids is 1. The summed E-state index contributed by atoms with van der Waals surface area (Å²) in [4.78, 5) is 23.9. The number of methoxy groups -OCH3 is 1. The average Bonchev–Trinajstić information content (AvgIpc) is 2.73. The summed E-state index contributed by atoms with van der Waals surface area (Å²) in [6.07, 6.45) is 1.56. The van der Waals surface area contributed by atoms with E-state index in [0.29, 0.717) is 18.8 Å². The second-order valence-electron chi connectivity index (χ2n) is 6.20. The minimum Gasteiger partial charge on any atom is -0.496 e. The first kappa shape index (κ1) is 21.9. The van der Waals surface area contributed by atoms with Crippen LogP contribution in [0.25, 0.3) is 11.0 Å². The first-order valence-corrected chi connectivity index (χ1v) is 8.64. The number of fused-ring (bicyclic) bond motifs is 1.